The SMILES string of the molecule is CS(=O)(=O)c1ccc(C2=C(c3ccccc3)C(=O)CC2)cc1F. The highest BCUT2D eigenvalue weighted by molar-refractivity contribution is 7.90. The molecule has 118 valence electrons. The first-order valence-electron chi connectivity index (χ1n) is 7.19. The van der Waals surface area contributed by atoms with E-state index in [1.807, 2.05) is 30.3 Å². The Morgan fingerprint density at radius 3 is 2.26 bits per heavy atom. The highest BCUT2D eigenvalue weighted by Gasteiger charge is 2.26. The standard InChI is InChI=1S/C18H15FO3S/c1-23(21,22)17-10-7-13(11-15(17)19)14-8-9-16(20)18(14)12-5-3-2-4-6-12/h2-7,10-11H,8-9H2,1H3. The number of hydrogen-bond donors (Lipinski definition) is 0. The van der Waals surface area contributed by atoms with Crippen LogP contribution in [0.3, 0.4) is 0 Å². The van der Waals surface area contributed by atoms with E-state index >= 15 is 0 Å². The Morgan fingerprint density at radius 1 is 0.957 bits per heavy atom. The van der Waals surface area contributed by atoms with Crippen molar-refractivity contribution in [2.75, 3.05) is 6.26 Å². The topological polar surface area (TPSA) is 51.2 Å². The van der Waals surface area contributed by atoms with Gasteiger partial charge in [0, 0.05) is 18.2 Å². The molecule has 0 saturated heterocycles. The summed E-state index contributed by atoms with van der Waals surface area (Å²) in [7, 11) is -3.61. The Bertz CT molecular complexity index is 913. The van der Waals surface area contributed by atoms with Crippen LogP contribution in [0.25, 0.3) is 11.1 Å². The average Bonchev–Trinajstić information content (AvgIpc) is 2.88. The minimum absolute atomic E-state index is 0.0267. The summed E-state index contributed by atoms with van der Waals surface area (Å²) in [5.74, 6) is -0.761. The average molecular weight is 330 g/mol. The van der Waals surface area contributed by atoms with Gasteiger partial charge in [-0.05, 0) is 35.3 Å². The molecule has 2 aromatic rings. The Morgan fingerprint density at radius 2 is 1.65 bits per heavy atom. The van der Waals surface area contributed by atoms with Gasteiger partial charge in [0.2, 0.25) is 0 Å². The van der Waals surface area contributed by atoms with Crippen LogP contribution >= 0.6 is 0 Å². The van der Waals surface area contributed by atoms with Crippen LogP contribution in [0.4, 0.5) is 4.39 Å². The van der Waals surface area contributed by atoms with Gasteiger partial charge in [0.05, 0.1) is 0 Å². The molecular weight excluding hydrogens is 315 g/mol. The second-order valence-corrected chi connectivity index (χ2v) is 7.54. The largest absolute Gasteiger partial charge is 0.294 e. The second kappa shape index (κ2) is 5.74. The minimum Gasteiger partial charge on any atom is -0.294 e. The molecule has 0 bridgehead atoms. The summed E-state index contributed by atoms with van der Waals surface area (Å²) in [4.78, 5) is 11.9. The highest BCUT2D eigenvalue weighted by atomic mass is 32.2. The van der Waals surface area contributed by atoms with Crippen molar-refractivity contribution >= 4 is 26.8 Å². The molecule has 5 heteroatoms. The molecule has 0 radical (unpaired) electrons. The molecule has 0 aromatic heterocycles. The summed E-state index contributed by atoms with van der Waals surface area (Å²) >= 11 is 0. The van der Waals surface area contributed by atoms with Crippen LogP contribution in [0, 0.1) is 5.82 Å². The molecule has 0 unspecified atom stereocenters. The van der Waals surface area contributed by atoms with E-state index in [2.05, 4.69) is 0 Å². The third-order valence-corrected chi connectivity index (χ3v) is 5.05. The van der Waals surface area contributed by atoms with E-state index in [-0.39, 0.29) is 10.7 Å². The maximum atomic E-state index is 14.1. The number of sulfone groups is 1. The maximum Gasteiger partial charge on any atom is 0.178 e. The van der Waals surface area contributed by atoms with Gasteiger partial charge in [-0.1, -0.05) is 36.4 Å². The van der Waals surface area contributed by atoms with Crippen LogP contribution in [0.1, 0.15) is 24.0 Å². The Labute approximate surface area is 134 Å². The molecule has 0 spiro atoms. The van der Waals surface area contributed by atoms with Crippen molar-refractivity contribution < 1.29 is 17.6 Å². The van der Waals surface area contributed by atoms with Gasteiger partial charge in [0.15, 0.2) is 15.6 Å². The lowest BCUT2D eigenvalue weighted by Gasteiger charge is -2.09. The van der Waals surface area contributed by atoms with Crippen LogP contribution in [0.5, 0.6) is 0 Å². The zero-order chi connectivity index (χ0) is 16.6. The molecule has 1 aliphatic carbocycles. The highest BCUT2D eigenvalue weighted by Crippen LogP contribution is 2.38. The molecule has 3 rings (SSSR count). The molecule has 3 nitrogen and oxygen atoms in total. The van der Waals surface area contributed by atoms with E-state index in [0.717, 1.165) is 17.4 Å². The normalized spacial score (nSPS) is 15.3. The molecule has 0 amide bonds. The van der Waals surface area contributed by atoms with Gasteiger partial charge in [-0.25, -0.2) is 12.8 Å². The number of allylic oxidation sites excluding steroid dienone is 2. The van der Waals surface area contributed by atoms with E-state index in [0.29, 0.717) is 24.0 Å². The van der Waals surface area contributed by atoms with E-state index in [1.165, 1.54) is 12.1 Å². The predicted octanol–water partition coefficient (Wildman–Crippen LogP) is 3.50. The Balaban J connectivity index is 2.15. The third kappa shape index (κ3) is 2.97. The Hall–Kier alpha value is -2.27. The molecule has 0 N–H and O–H groups in total. The van der Waals surface area contributed by atoms with Crippen LogP contribution in [0.2, 0.25) is 0 Å². The van der Waals surface area contributed by atoms with E-state index < -0.39 is 15.7 Å². The first-order chi connectivity index (χ1) is 10.9. The molecular formula is C18H15FO3S. The predicted molar refractivity (Wildman–Crippen MR) is 87.0 cm³/mol. The monoisotopic (exact) mass is 330 g/mol. The third-order valence-electron chi connectivity index (χ3n) is 3.92. The van der Waals surface area contributed by atoms with Crippen molar-refractivity contribution in [2.45, 2.75) is 17.7 Å². The summed E-state index contributed by atoms with van der Waals surface area (Å²) in [5, 5.41) is 0. The lowest BCUT2D eigenvalue weighted by atomic mass is 9.97. The molecule has 23 heavy (non-hydrogen) atoms. The zero-order valence-electron chi connectivity index (χ0n) is 12.5. The first-order valence-corrected chi connectivity index (χ1v) is 9.09. The lowest BCUT2D eigenvalue weighted by molar-refractivity contribution is -0.113. The Kier molecular flexibility index (Phi) is 3.90. The minimum atomic E-state index is -3.61. The number of ketones is 1. The number of carbonyl (C=O) groups is 1. The summed E-state index contributed by atoms with van der Waals surface area (Å²) in [6.45, 7) is 0. The van der Waals surface area contributed by atoms with Gasteiger partial charge in [-0.3, -0.25) is 4.79 Å². The fourth-order valence-corrected chi connectivity index (χ4v) is 3.60. The van der Waals surface area contributed by atoms with Crippen LogP contribution in [-0.2, 0) is 14.6 Å². The smallest absolute Gasteiger partial charge is 0.178 e. The number of rotatable bonds is 3. The van der Waals surface area contributed by atoms with Crippen molar-refractivity contribution in [2.24, 2.45) is 0 Å². The number of Topliss-reactive ketones (excluding diaryl/α,β-unsaturated/α-hetero) is 1. The lowest BCUT2D eigenvalue weighted by Crippen LogP contribution is -2.01. The summed E-state index contributed by atoms with van der Waals surface area (Å²) in [6, 6.07) is 13.3. The molecule has 0 heterocycles. The van der Waals surface area contributed by atoms with Crippen molar-refractivity contribution in [3.05, 3.63) is 65.5 Å². The van der Waals surface area contributed by atoms with Crippen molar-refractivity contribution in [1.82, 2.24) is 0 Å². The van der Waals surface area contributed by atoms with Crippen LogP contribution < -0.4 is 0 Å². The van der Waals surface area contributed by atoms with Gasteiger partial charge >= 0.3 is 0 Å². The van der Waals surface area contributed by atoms with E-state index in [1.54, 1.807) is 6.07 Å². The molecule has 0 aliphatic heterocycles. The van der Waals surface area contributed by atoms with Crippen molar-refractivity contribution in [3.63, 3.8) is 0 Å². The molecule has 0 fully saturated rings. The molecule has 1 aliphatic rings. The van der Waals surface area contributed by atoms with Gasteiger partial charge in [0.1, 0.15) is 10.7 Å². The van der Waals surface area contributed by atoms with Crippen molar-refractivity contribution in [1.29, 1.82) is 0 Å². The fourth-order valence-electron chi connectivity index (χ4n) is 2.87. The number of carbonyl (C=O) groups excluding carboxylic acids is 1. The summed E-state index contributed by atoms with van der Waals surface area (Å²) in [6.07, 6.45) is 1.88. The summed E-state index contributed by atoms with van der Waals surface area (Å²) in [5.41, 5.74) is 2.72. The van der Waals surface area contributed by atoms with Gasteiger partial charge in [-0.2, -0.15) is 0 Å². The molecule has 2 aromatic carbocycles. The van der Waals surface area contributed by atoms with E-state index in [9.17, 15) is 17.6 Å². The molecule has 0 saturated carbocycles. The zero-order valence-corrected chi connectivity index (χ0v) is 13.4. The molecule has 0 atom stereocenters. The quantitative estimate of drug-likeness (QED) is 0.865. The number of benzene rings is 2. The number of hydrogen-bond acceptors (Lipinski definition) is 3. The van der Waals surface area contributed by atoms with Gasteiger partial charge < -0.3 is 0 Å². The maximum absolute atomic E-state index is 14.1. The van der Waals surface area contributed by atoms with E-state index in [4.69, 9.17) is 0 Å². The number of halogens is 1. The summed E-state index contributed by atoms with van der Waals surface area (Å²) < 4.78 is 37.2. The van der Waals surface area contributed by atoms with Crippen LogP contribution in [0.15, 0.2) is 53.4 Å². The first kappa shape index (κ1) is 15.6. The van der Waals surface area contributed by atoms with Gasteiger partial charge in [0.25, 0.3) is 0 Å². The fraction of sp³-hybridized carbons (Fsp3) is 0.167. The van der Waals surface area contributed by atoms with Crippen LogP contribution in [-0.4, -0.2) is 20.5 Å². The van der Waals surface area contributed by atoms with Gasteiger partial charge in [-0.15, -0.1) is 0 Å². The second-order valence-electron chi connectivity index (χ2n) is 5.56. The van der Waals surface area contributed by atoms with Crippen molar-refractivity contribution in [3.8, 4) is 0 Å².